The number of hydrogen-bond donors (Lipinski definition) is 3. The number of nitrogens with one attached hydrogen (secondary N) is 3. The predicted octanol–water partition coefficient (Wildman–Crippen LogP) is 8.51. The number of para-hydroxylation sites is 2. The number of carbonyl (C=O) groups is 2. The summed E-state index contributed by atoms with van der Waals surface area (Å²) in [5.74, 6) is 2.25. The van der Waals surface area contributed by atoms with E-state index in [1.165, 1.54) is 58.5 Å². The van der Waals surface area contributed by atoms with Crippen molar-refractivity contribution in [3.8, 4) is 0 Å². The molecule has 0 radical (unpaired) electrons. The Hall–Kier alpha value is -6.72. The number of amides is 2. The number of hydrogen-bond acceptors (Lipinski definition) is 9. The van der Waals surface area contributed by atoms with Crippen LogP contribution in [-0.4, -0.2) is 86.8 Å². The van der Waals surface area contributed by atoms with Gasteiger partial charge in [-0.2, -0.15) is 0 Å². The topological polar surface area (TPSA) is 109 Å². The molecule has 0 bridgehead atoms. The van der Waals surface area contributed by atoms with E-state index in [2.05, 4.69) is 156 Å². The molecule has 3 N–H and O–H groups in total. The lowest BCUT2D eigenvalue weighted by atomic mass is 9.90. The summed E-state index contributed by atoms with van der Waals surface area (Å²) >= 11 is 0. The van der Waals surface area contributed by atoms with Crippen LogP contribution in [0.4, 0.5) is 11.4 Å². The number of fused-ring (bicyclic) bond motifs is 5. The van der Waals surface area contributed by atoms with Crippen LogP contribution in [0.5, 0.6) is 0 Å². The van der Waals surface area contributed by atoms with Gasteiger partial charge >= 0.3 is 0 Å². The van der Waals surface area contributed by atoms with Crippen LogP contribution in [0.3, 0.4) is 0 Å². The zero-order valence-corrected chi connectivity index (χ0v) is 39.3. The van der Waals surface area contributed by atoms with Crippen LogP contribution < -0.4 is 20.9 Å². The van der Waals surface area contributed by atoms with E-state index in [0.29, 0.717) is 30.9 Å². The third kappa shape index (κ3) is 8.04. The third-order valence-electron chi connectivity index (χ3n) is 15.6. The van der Waals surface area contributed by atoms with Crippen LogP contribution in [0, 0.1) is 5.92 Å². The summed E-state index contributed by atoms with van der Waals surface area (Å²) in [5.41, 5.74) is 11.8. The van der Waals surface area contributed by atoms with Crippen molar-refractivity contribution in [1.29, 1.82) is 0 Å². The summed E-state index contributed by atoms with van der Waals surface area (Å²) in [6.07, 6.45) is 6.51. The Morgan fingerprint density at radius 3 is 1.68 bits per heavy atom. The van der Waals surface area contributed by atoms with Crippen molar-refractivity contribution in [1.82, 2.24) is 35.3 Å². The maximum atomic E-state index is 12.8. The number of likely N-dealkylation sites (tertiary alicyclic amines) is 1. The minimum Gasteiger partial charge on any atom is -0.377 e. The van der Waals surface area contributed by atoms with Gasteiger partial charge in [0.15, 0.2) is 0 Å². The third-order valence-corrected chi connectivity index (χ3v) is 15.6. The van der Waals surface area contributed by atoms with Crippen LogP contribution in [0.15, 0.2) is 128 Å². The molecule has 4 aliphatic heterocycles. The second-order valence-electron chi connectivity index (χ2n) is 20.7. The number of anilines is 2. The number of nitrogens with zero attached hydrogens (tertiary/aromatic N) is 6. The highest BCUT2D eigenvalue weighted by atomic mass is 16.2. The Labute approximate surface area is 401 Å². The van der Waals surface area contributed by atoms with Crippen molar-refractivity contribution in [2.24, 2.45) is 5.92 Å². The summed E-state index contributed by atoms with van der Waals surface area (Å²) in [6.45, 7) is 17.3. The molecule has 1 unspecified atom stereocenters. The fourth-order valence-electron chi connectivity index (χ4n) is 11.8. The normalized spacial score (nSPS) is 22.7. The number of carbonyl (C=O) groups excluding carboxylic acids is 2. The van der Waals surface area contributed by atoms with E-state index < -0.39 is 11.1 Å². The Bertz CT molecular complexity index is 3000. The molecular formula is C57H65N9O2. The Morgan fingerprint density at radius 1 is 0.647 bits per heavy atom. The lowest BCUT2D eigenvalue weighted by molar-refractivity contribution is -0.126. The molecule has 2 aliphatic carbocycles. The van der Waals surface area contributed by atoms with Crippen LogP contribution in [-0.2, 0) is 54.8 Å². The summed E-state index contributed by atoms with van der Waals surface area (Å²) in [6, 6.07) is 36.8. The number of piperidine rings is 1. The van der Waals surface area contributed by atoms with Gasteiger partial charge in [0.05, 0.1) is 40.3 Å². The van der Waals surface area contributed by atoms with Crippen molar-refractivity contribution in [2.45, 2.75) is 95.9 Å². The average Bonchev–Trinajstić information content (AvgIpc) is 4.00. The van der Waals surface area contributed by atoms with Crippen molar-refractivity contribution >= 4 is 45.0 Å². The number of rotatable bonds is 6. The van der Waals surface area contributed by atoms with Gasteiger partial charge in [0.25, 0.3) is 11.8 Å². The fraction of sp³-hybridized carbons (Fsp3) is 0.368. The Kier molecular flexibility index (Phi) is 11.3. The highest BCUT2D eigenvalue weighted by Crippen LogP contribution is 2.42. The first-order valence-electron chi connectivity index (χ1n) is 23.9. The largest absolute Gasteiger partial charge is 0.377 e. The minimum absolute atomic E-state index is 0. The maximum Gasteiger partial charge on any atom is 0.252 e. The quantitative estimate of drug-likeness (QED) is 0.152. The summed E-state index contributed by atoms with van der Waals surface area (Å²) in [7, 11) is 3.92. The van der Waals surface area contributed by atoms with Gasteiger partial charge in [0.2, 0.25) is 0 Å². The molecule has 12 rings (SSSR count). The van der Waals surface area contributed by atoms with Crippen molar-refractivity contribution < 1.29 is 9.59 Å². The molecule has 2 spiro atoms. The van der Waals surface area contributed by atoms with Crippen LogP contribution in [0.1, 0.15) is 73.3 Å². The maximum absolute atomic E-state index is 12.8. The van der Waals surface area contributed by atoms with Gasteiger partial charge in [-0.15, -0.1) is 0 Å². The second kappa shape index (κ2) is 17.1. The first kappa shape index (κ1) is 45.1. The Morgan fingerprint density at radius 2 is 1.15 bits per heavy atom. The number of likely N-dealkylation sites (N-methyl/N-ethyl adjacent to an activating group) is 2. The van der Waals surface area contributed by atoms with Gasteiger partial charge in [-0.3, -0.25) is 24.5 Å². The number of pyridine rings is 2. The molecule has 6 aromatic rings. The zero-order chi connectivity index (χ0) is 46.2. The van der Waals surface area contributed by atoms with Crippen LogP contribution >= 0.6 is 0 Å². The molecule has 4 aromatic carbocycles. The SMILES string of the molecule is C.C=C1NC(=O)C2(Cc3cc4ccc(CN5CCC(Cc6ccccc6)CC5)nc4cc3C2)N1C.C=C1NC(=O)[C@]2(Cc3cc4ccc(CN5CC(C)(C)Nc6ccccc65)nc4cc3C2)N1C. The molecule has 11 heteroatoms. The average molecular weight is 908 g/mol. The van der Waals surface area contributed by atoms with E-state index in [0.717, 1.165) is 78.3 Å². The van der Waals surface area contributed by atoms with E-state index in [9.17, 15) is 9.59 Å². The highest BCUT2D eigenvalue weighted by molar-refractivity contribution is 5.94. The zero-order valence-electron chi connectivity index (χ0n) is 39.3. The summed E-state index contributed by atoms with van der Waals surface area (Å²) < 4.78 is 0. The molecule has 2 atom stereocenters. The molecule has 6 aliphatic rings. The van der Waals surface area contributed by atoms with Crippen molar-refractivity contribution in [3.05, 3.63) is 167 Å². The smallest absolute Gasteiger partial charge is 0.252 e. The van der Waals surface area contributed by atoms with Gasteiger partial charge in [0.1, 0.15) is 22.7 Å². The molecule has 350 valence electrons. The standard InChI is InChI=1S/C29H32N4O.C27H29N5O.CH4/c1-20-30-28(34)29(32(20)2)17-24-15-23-8-9-26(31-27(23)16-25(24)18-29)19-33-12-10-22(11-13-33)14-21-6-4-3-5-7-21;1-17-28-25(33)27(31(17)4)13-19-11-18-9-10-21(29-23(18)12-20(19)14-27)15-32-16-26(2,3)30-22-7-5-6-8-24(22)32;/h3-9,15-16,22H,1,10-14,17-19H2,2H3,(H,30,34);5-12,30H,1,13-16H2,2-4H3,(H,28,33);1H4/t;27-;/m.1./s1. The number of benzene rings is 4. The molecule has 6 heterocycles. The molecule has 3 saturated heterocycles. The van der Waals surface area contributed by atoms with Crippen molar-refractivity contribution in [3.63, 3.8) is 0 Å². The van der Waals surface area contributed by atoms with Gasteiger partial charge in [-0.05, 0) is 128 Å². The molecule has 11 nitrogen and oxygen atoms in total. The van der Waals surface area contributed by atoms with Gasteiger partial charge in [-0.1, -0.05) is 75.2 Å². The molecule has 0 saturated carbocycles. The van der Waals surface area contributed by atoms with Crippen LogP contribution in [0.25, 0.3) is 21.8 Å². The van der Waals surface area contributed by atoms with Crippen LogP contribution in [0.2, 0.25) is 0 Å². The second-order valence-corrected chi connectivity index (χ2v) is 20.7. The predicted molar refractivity (Wildman–Crippen MR) is 274 cm³/mol. The van der Waals surface area contributed by atoms with Crippen molar-refractivity contribution in [2.75, 3.05) is 43.9 Å². The molecular weight excluding hydrogens is 843 g/mol. The fourth-order valence-corrected chi connectivity index (χ4v) is 11.8. The van der Waals surface area contributed by atoms with E-state index in [1.807, 2.05) is 23.9 Å². The van der Waals surface area contributed by atoms with Gasteiger partial charge < -0.3 is 30.7 Å². The molecule has 2 aromatic heterocycles. The lowest BCUT2D eigenvalue weighted by Gasteiger charge is -2.42. The molecule has 2 amide bonds. The first-order valence-corrected chi connectivity index (χ1v) is 23.9. The van der Waals surface area contributed by atoms with E-state index in [1.54, 1.807) is 0 Å². The molecule has 3 fully saturated rings. The summed E-state index contributed by atoms with van der Waals surface area (Å²) in [5, 5.41) is 11.7. The first-order chi connectivity index (χ1) is 32.2. The lowest BCUT2D eigenvalue weighted by Crippen LogP contribution is -2.48. The monoisotopic (exact) mass is 908 g/mol. The molecule has 68 heavy (non-hydrogen) atoms. The van der Waals surface area contributed by atoms with E-state index >= 15 is 0 Å². The summed E-state index contributed by atoms with van der Waals surface area (Å²) in [4.78, 5) is 44.6. The number of aromatic nitrogens is 2. The Balaban J connectivity index is 0.000000156. The van der Waals surface area contributed by atoms with Gasteiger partial charge in [0, 0.05) is 69.2 Å². The van der Waals surface area contributed by atoms with E-state index in [-0.39, 0.29) is 24.8 Å². The highest BCUT2D eigenvalue weighted by Gasteiger charge is 2.53. The minimum atomic E-state index is -0.560. The van der Waals surface area contributed by atoms with E-state index in [4.69, 9.17) is 9.97 Å². The van der Waals surface area contributed by atoms with Gasteiger partial charge in [-0.25, -0.2) is 0 Å².